The van der Waals surface area contributed by atoms with Crippen molar-refractivity contribution in [1.82, 2.24) is 4.57 Å². The van der Waals surface area contributed by atoms with Crippen LogP contribution in [-0.4, -0.2) is 11.6 Å². The van der Waals surface area contributed by atoms with Gasteiger partial charge in [-0.25, -0.2) is 0 Å². The van der Waals surface area contributed by atoms with Crippen LogP contribution in [-0.2, 0) is 13.1 Å². The van der Waals surface area contributed by atoms with Crippen LogP contribution >= 0.6 is 23.1 Å². The lowest BCUT2D eigenvalue weighted by Gasteiger charge is -2.11. The summed E-state index contributed by atoms with van der Waals surface area (Å²) < 4.78 is 5.86. The van der Waals surface area contributed by atoms with Crippen LogP contribution in [0.1, 0.15) is 16.8 Å². The quantitative estimate of drug-likeness (QED) is 0.321. The van der Waals surface area contributed by atoms with E-state index in [4.69, 9.17) is 0 Å². The second kappa shape index (κ2) is 10.2. The second-order valence-electron chi connectivity index (χ2n) is 8.96. The third kappa shape index (κ3) is 4.78. The second-order valence-corrected chi connectivity index (χ2v) is 11.0. The maximum Gasteiger partial charge on any atom is 0.272 e. The van der Waals surface area contributed by atoms with Crippen molar-refractivity contribution in [2.45, 2.75) is 18.0 Å². The Morgan fingerprint density at radius 3 is 2.24 bits per heavy atom. The number of anilines is 1. The van der Waals surface area contributed by atoms with Gasteiger partial charge in [-0.1, -0.05) is 84.6 Å². The lowest BCUT2D eigenvalue weighted by Crippen LogP contribution is -2.38. The van der Waals surface area contributed by atoms with E-state index in [2.05, 4.69) is 76.3 Å². The molecule has 0 radical (unpaired) electrons. The first-order chi connectivity index (χ1) is 18.2. The van der Waals surface area contributed by atoms with E-state index >= 15 is 0 Å². The Bertz CT molecular complexity index is 1740. The number of hydrogen-bond acceptors (Lipinski definition) is 4. The van der Waals surface area contributed by atoms with E-state index in [0.29, 0.717) is 6.54 Å². The SMILES string of the molecule is CN1C(=c2sc(=Cc3cccc[n+]3Cc3ccccc3)n(Cc3ccccc3)c2=O)Sc2ccccc21. The molecule has 6 heteroatoms. The van der Waals surface area contributed by atoms with E-state index in [-0.39, 0.29) is 5.56 Å². The summed E-state index contributed by atoms with van der Waals surface area (Å²) >= 11 is 3.24. The molecular formula is C31H26N3OS2+. The summed E-state index contributed by atoms with van der Waals surface area (Å²) in [5, 5.41) is 0.989. The molecule has 0 spiro atoms. The average Bonchev–Trinajstić information content (AvgIpc) is 3.42. The summed E-state index contributed by atoms with van der Waals surface area (Å²) in [5.41, 5.74) is 4.59. The Balaban J connectivity index is 1.52. The largest absolute Gasteiger partial charge is 0.337 e. The van der Waals surface area contributed by atoms with E-state index < -0.39 is 0 Å². The third-order valence-electron chi connectivity index (χ3n) is 6.47. The summed E-state index contributed by atoms with van der Waals surface area (Å²) in [5.74, 6) is 0. The molecule has 5 aromatic rings. The fourth-order valence-electron chi connectivity index (χ4n) is 4.56. The third-order valence-corrected chi connectivity index (χ3v) is 8.96. The first-order valence-corrected chi connectivity index (χ1v) is 13.8. The van der Waals surface area contributed by atoms with Crippen LogP contribution in [0.15, 0.2) is 119 Å². The summed E-state index contributed by atoms with van der Waals surface area (Å²) in [6, 6.07) is 35.2. The molecule has 4 nitrogen and oxygen atoms in total. The predicted molar refractivity (Wildman–Crippen MR) is 153 cm³/mol. The van der Waals surface area contributed by atoms with Crippen LogP contribution in [0, 0.1) is 0 Å². The number of pyridine rings is 1. The Kier molecular flexibility index (Phi) is 6.51. The van der Waals surface area contributed by atoms with Crippen LogP contribution in [0.25, 0.3) is 11.1 Å². The van der Waals surface area contributed by atoms with Gasteiger partial charge in [0, 0.05) is 35.7 Å². The normalized spacial score (nSPS) is 14.7. The van der Waals surface area contributed by atoms with Gasteiger partial charge >= 0.3 is 0 Å². The molecule has 0 atom stereocenters. The van der Waals surface area contributed by atoms with E-state index in [0.717, 1.165) is 37.7 Å². The van der Waals surface area contributed by atoms with E-state index in [1.165, 1.54) is 10.5 Å². The predicted octanol–water partition coefficient (Wildman–Crippen LogP) is 4.43. The Labute approximate surface area is 224 Å². The van der Waals surface area contributed by atoms with Gasteiger partial charge in [-0.05, 0) is 23.8 Å². The molecule has 6 rings (SSSR count). The molecule has 0 saturated heterocycles. The molecule has 1 aliphatic heterocycles. The molecule has 0 aliphatic carbocycles. The number of fused-ring (bicyclic) bond motifs is 1. The monoisotopic (exact) mass is 520 g/mol. The van der Waals surface area contributed by atoms with Crippen molar-refractivity contribution in [3.63, 3.8) is 0 Å². The number of nitrogens with zero attached hydrogens (tertiary/aromatic N) is 3. The highest BCUT2D eigenvalue weighted by Gasteiger charge is 2.24. The number of hydrogen-bond donors (Lipinski definition) is 0. The van der Waals surface area contributed by atoms with Gasteiger partial charge in [0.05, 0.1) is 12.2 Å². The standard InChI is InChI=1S/C31H26N3OS2/c1-32-26-17-8-9-18-27(26)36-31(32)29-30(35)34(22-24-14-6-3-7-15-24)28(37-29)20-25-16-10-11-19-33(25)21-23-12-4-2-5-13-23/h2-20H,21-22H2,1H3/q+1. The molecule has 3 aromatic carbocycles. The van der Waals surface area contributed by atoms with Crippen LogP contribution < -0.4 is 24.2 Å². The molecular weight excluding hydrogens is 494 g/mol. The fraction of sp³-hybridized carbons (Fsp3) is 0.0968. The molecule has 0 unspecified atom stereocenters. The molecule has 182 valence electrons. The van der Waals surface area contributed by atoms with Crippen LogP contribution in [0.4, 0.5) is 5.69 Å². The van der Waals surface area contributed by atoms with Gasteiger partial charge in [-0.15, -0.1) is 11.3 Å². The zero-order chi connectivity index (χ0) is 25.2. The molecule has 1 aliphatic rings. The Morgan fingerprint density at radius 1 is 0.811 bits per heavy atom. The number of benzene rings is 3. The van der Waals surface area contributed by atoms with Crippen LogP contribution in [0.5, 0.6) is 0 Å². The maximum atomic E-state index is 13.9. The van der Waals surface area contributed by atoms with E-state index in [1.807, 2.05) is 60.1 Å². The number of aromatic nitrogens is 2. The number of thiazole rings is 1. The van der Waals surface area contributed by atoms with Gasteiger partial charge < -0.3 is 4.90 Å². The van der Waals surface area contributed by atoms with Gasteiger partial charge in [0.2, 0.25) is 5.69 Å². The van der Waals surface area contributed by atoms with Crippen molar-refractivity contribution in [3.8, 4) is 0 Å². The van der Waals surface area contributed by atoms with Crippen molar-refractivity contribution in [2.75, 3.05) is 11.9 Å². The Hall–Kier alpha value is -3.87. The summed E-state index contributed by atoms with van der Waals surface area (Å²) in [7, 11) is 2.04. The molecule has 0 amide bonds. The highest BCUT2D eigenvalue weighted by molar-refractivity contribution is 8.08. The van der Waals surface area contributed by atoms with Crippen molar-refractivity contribution >= 4 is 39.9 Å². The lowest BCUT2D eigenvalue weighted by molar-refractivity contribution is -0.690. The van der Waals surface area contributed by atoms with Gasteiger partial charge in [-0.3, -0.25) is 9.36 Å². The van der Waals surface area contributed by atoms with E-state index in [1.54, 1.807) is 23.1 Å². The number of thioether (sulfide) groups is 1. The smallest absolute Gasteiger partial charge is 0.272 e. The van der Waals surface area contributed by atoms with Gasteiger partial charge in [0.1, 0.15) is 14.2 Å². The minimum absolute atomic E-state index is 0.0489. The summed E-state index contributed by atoms with van der Waals surface area (Å²) in [4.78, 5) is 17.2. The van der Waals surface area contributed by atoms with Gasteiger partial charge in [-0.2, -0.15) is 4.57 Å². The number of rotatable bonds is 5. The highest BCUT2D eigenvalue weighted by atomic mass is 32.2. The van der Waals surface area contributed by atoms with Gasteiger partial charge in [0.15, 0.2) is 12.7 Å². The molecule has 0 bridgehead atoms. The lowest BCUT2D eigenvalue weighted by atomic mass is 10.2. The first-order valence-electron chi connectivity index (χ1n) is 12.2. The molecule has 0 N–H and O–H groups in total. The molecule has 0 saturated carbocycles. The van der Waals surface area contributed by atoms with E-state index in [9.17, 15) is 4.79 Å². The molecule has 3 heterocycles. The zero-order valence-electron chi connectivity index (χ0n) is 20.5. The van der Waals surface area contributed by atoms with Gasteiger partial charge in [0.25, 0.3) is 5.56 Å². The summed E-state index contributed by atoms with van der Waals surface area (Å²) in [6.45, 7) is 1.29. The zero-order valence-corrected chi connectivity index (χ0v) is 22.1. The molecule has 37 heavy (non-hydrogen) atoms. The highest BCUT2D eigenvalue weighted by Crippen LogP contribution is 2.44. The van der Waals surface area contributed by atoms with Crippen molar-refractivity contribution in [2.24, 2.45) is 0 Å². The molecule has 2 aromatic heterocycles. The van der Waals surface area contributed by atoms with Crippen molar-refractivity contribution in [3.05, 3.63) is 146 Å². The first kappa shape index (κ1) is 23.5. The van der Waals surface area contributed by atoms with Crippen molar-refractivity contribution in [1.29, 1.82) is 0 Å². The minimum Gasteiger partial charge on any atom is -0.337 e. The number of para-hydroxylation sites is 1. The van der Waals surface area contributed by atoms with Crippen molar-refractivity contribution < 1.29 is 4.57 Å². The topological polar surface area (TPSA) is 29.1 Å². The van der Waals surface area contributed by atoms with Crippen LogP contribution in [0.2, 0.25) is 0 Å². The maximum absolute atomic E-state index is 13.9. The summed E-state index contributed by atoms with van der Waals surface area (Å²) in [6.07, 6.45) is 4.24. The molecule has 0 fully saturated rings. The Morgan fingerprint density at radius 2 is 1.49 bits per heavy atom. The van der Waals surface area contributed by atoms with Crippen LogP contribution in [0.3, 0.4) is 0 Å². The minimum atomic E-state index is 0.0489. The fourth-order valence-corrected chi connectivity index (χ4v) is 6.95. The average molecular weight is 521 g/mol.